The van der Waals surface area contributed by atoms with Crippen LogP contribution >= 0.6 is 23.8 Å². The number of likely N-dealkylation sites (N-methyl/N-ethyl adjacent to an activating group) is 1. The molecule has 5 rings (SSSR count). The molecular formula is C25H23ClN4O3S. The zero-order chi connectivity index (χ0) is 23.7. The van der Waals surface area contributed by atoms with Crippen LogP contribution in [-0.2, 0) is 14.3 Å². The number of benzene rings is 2. The Morgan fingerprint density at radius 2 is 1.91 bits per heavy atom. The van der Waals surface area contributed by atoms with Gasteiger partial charge in [-0.1, -0.05) is 48.0 Å². The van der Waals surface area contributed by atoms with Gasteiger partial charge < -0.3 is 25.0 Å². The van der Waals surface area contributed by atoms with Gasteiger partial charge in [-0.25, -0.2) is 4.99 Å². The number of nitrogens with one attached hydrogen (secondary N) is 2. The first-order valence-electron chi connectivity index (χ1n) is 10.9. The third-order valence-corrected chi connectivity index (χ3v) is 6.26. The van der Waals surface area contributed by atoms with Crippen LogP contribution in [0.3, 0.4) is 0 Å². The van der Waals surface area contributed by atoms with E-state index in [2.05, 4.69) is 10.6 Å². The summed E-state index contributed by atoms with van der Waals surface area (Å²) in [7, 11) is 1.72. The average Bonchev–Trinajstić information content (AvgIpc) is 2.95. The summed E-state index contributed by atoms with van der Waals surface area (Å²) in [5.74, 6) is -0.240. The second kappa shape index (κ2) is 9.68. The fraction of sp³-hybridized carbons (Fsp3) is 0.240. The number of rotatable bonds is 3. The quantitative estimate of drug-likeness (QED) is 0.638. The first-order chi connectivity index (χ1) is 16.5. The predicted molar refractivity (Wildman–Crippen MR) is 136 cm³/mol. The van der Waals surface area contributed by atoms with E-state index in [0.29, 0.717) is 23.9 Å². The van der Waals surface area contributed by atoms with Gasteiger partial charge in [0.25, 0.3) is 5.91 Å². The molecule has 3 atom stereocenters. The Bertz CT molecular complexity index is 1210. The normalized spacial score (nSPS) is 23.8. The van der Waals surface area contributed by atoms with Crippen LogP contribution in [0.1, 0.15) is 11.1 Å². The van der Waals surface area contributed by atoms with E-state index in [9.17, 15) is 4.79 Å². The summed E-state index contributed by atoms with van der Waals surface area (Å²) < 4.78 is 11.4. The Balaban J connectivity index is 1.42. The smallest absolute Gasteiger partial charge is 0.272 e. The molecular weight excluding hydrogens is 472 g/mol. The van der Waals surface area contributed by atoms with Crippen molar-refractivity contribution in [3.8, 4) is 0 Å². The highest BCUT2D eigenvalue weighted by atomic mass is 35.5. The van der Waals surface area contributed by atoms with Crippen LogP contribution in [0.2, 0.25) is 5.02 Å². The summed E-state index contributed by atoms with van der Waals surface area (Å²) in [6.07, 6.45) is 4.56. The number of thiocarbonyl (C=S) groups is 1. The summed E-state index contributed by atoms with van der Waals surface area (Å²) in [6, 6.07) is 15.1. The van der Waals surface area contributed by atoms with Crippen molar-refractivity contribution in [2.24, 2.45) is 4.99 Å². The summed E-state index contributed by atoms with van der Waals surface area (Å²) in [5, 5.41) is 7.05. The fourth-order valence-corrected chi connectivity index (χ4v) is 4.54. The van der Waals surface area contributed by atoms with Gasteiger partial charge in [0, 0.05) is 28.9 Å². The molecule has 0 radical (unpaired) electrons. The van der Waals surface area contributed by atoms with Crippen molar-refractivity contribution in [2.75, 3.05) is 25.2 Å². The molecule has 2 aromatic carbocycles. The highest BCUT2D eigenvalue weighted by Crippen LogP contribution is 2.30. The van der Waals surface area contributed by atoms with Crippen LogP contribution in [0.4, 0.5) is 5.69 Å². The third kappa shape index (κ3) is 4.63. The molecule has 0 spiro atoms. The number of ether oxygens (including phenoxy) is 2. The summed E-state index contributed by atoms with van der Waals surface area (Å²) in [5.41, 5.74) is 3.79. The Hall–Kier alpha value is -3.04. The molecule has 9 heteroatoms. The van der Waals surface area contributed by atoms with E-state index in [0.717, 1.165) is 22.5 Å². The lowest BCUT2D eigenvalue weighted by molar-refractivity contribution is -0.119. The number of fused-ring (bicyclic) bond motifs is 2. The third-order valence-electron chi connectivity index (χ3n) is 5.81. The maximum atomic E-state index is 13.4. The summed E-state index contributed by atoms with van der Waals surface area (Å²) >= 11 is 11.8. The maximum Gasteiger partial charge on any atom is 0.272 e. The van der Waals surface area contributed by atoms with Crippen molar-refractivity contribution in [3.05, 3.63) is 88.6 Å². The van der Waals surface area contributed by atoms with Crippen molar-refractivity contribution in [1.29, 1.82) is 0 Å². The number of allylic oxidation sites excluding steroid dienone is 1. The highest BCUT2D eigenvalue weighted by Gasteiger charge is 2.31. The van der Waals surface area contributed by atoms with E-state index >= 15 is 0 Å². The lowest BCUT2D eigenvalue weighted by atomic mass is 10.0. The van der Waals surface area contributed by atoms with Crippen molar-refractivity contribution in [2.45, 2.75) is 18.4 Å². The number of carbonyl (C=O) groups excluding carboxylic acids is 1. The minimum absolute atomic E-state index is 0.0960. The predicted octanol–water partition coefficient (Wildman–Crippen LogP) is 3.18. The van der Waals surface area contributed by atoms with Crippen molar-refractivity contribution in [1.82, 2.24) is 10.6 Å². The molecule has 2 heterocycles. The molecule has 0 aromatic heterocycles. The van der Waals surface area contributed by atoms with Crippen LogP contribution < -0.4 is 15.5 Å². The fourth-order valence-electron chi connectivity index (χ4n) is 4.14. The molecule has 1 fully saturated rings. The van der Waals surface area contributed by atoms with Gasteiger partial charge in [0.1, 0.15) is 12.2 Å². The van der Waals surface area contributed by atoms with Gasteiger partial charge in [0.15, 0.2) is 5.11 Å². The number of nitrogens with zero attached hydrogens (tertiary/aromatic N) is 2. The lowest BCUT2D eigenvalue weighted by Gasteiger charge is -2.31. The van der Waals surface area contributed by atoms with Gasteiger partial charge in [-0.15, -0.1) is 0 Å². The SMILES string of the molecule is CN1C(=O)C(NC(=S)NC2=CC3OCCOC3C=C2)N=C(c2ccccc2)c2cc(Cl)ccc21. The average molecular weight is 495 g/mol. The van der Waals surface area contributed by atoms with Gasteiger partial charge in [0.05, 0.1) is 24.6 Å². The largest absolute Gasteiger partial charge is 0.369 e. The molecule has 3 aliphatic rings. The van der Waals surface area contributed by atoms with Gasteiger partial charge in [-0.05, 0) is 42.6 Å². The van der Waals surface area contributed by atoms with Crippen LogP contribution in [-0.4, -0.2) is 55.4 Å². The number of hydrogen-bond acceptors (Lipinski definition) is 5. The Morgan fingerprint density at radius 1 is 1.15 bits per heavy atom. The second-order valence-corrected chi connectivity index (χ2v) is 8.90. The second-order valence-electron chi connectivity index (χ2n) is 8.06. The van der Waals surface area contributed by atoms with Gasteiger partial charge in [0.2, 0.25) is 6.17 Å². The van der Waals surface area contributed by atoms with E-state index in [1.165, 1.54) is 0 Å². The molecule has 1 saturated heterocycles. The topological polar surface area (TPSA) is 75.2 Å². The number of hydrogen-bond donors (Lipinski definition) is 2. The first kappa shape index (κ1) is 22.7. The maximum absolute atomic E-state index is 13.4. The minimum Gasteiger partial charge on any atom is -0.369 e. The van der Waals surface area contributed by atoms with Crippen molar-refractivity contribution >= 4 is 46.2 Å². The number of aliphatic imine (C=N–C) groups is 1. The molecule has 0 bridgehead atoms. The molecule has 174 valence electrons. The zero-order valence-corrected chi connectivity index (χ0v) is 20.0. The van der Waals surface area contributed by atoms with Crippen molar-refractivity contribution in [3.63, 3.8) is 0 Å². The number of benzodiazepines with no additional fused rings is 1. The van der Waals surface area contributed by atoms with Crippen LogP contribution in [0.15, 0.2) is 77.4 Å². The molecule has 3 unspecified atom stereocenters. The molecule has 1 aliphatic carbocycles. The number of halogens is 1. The van der Waals surface area contributed by atoms with Crippen molar-refractivity contribution < 1.29 is 14.3 Å². The monoisotopic (exact) mass is 494 g/mol. The Kier molecular flexibility index (Phi) is 6.47. The van der Waals surface area contributed by atoms with Crippen LogP contribution in [0.25, 0.3) is 0 Å². The molecule has 2 aliphatic heterocycles. The molecule has 34 heavy (non-hydrogen) atoms. The Labute approximate surface area is 208 Å². The van der Waals surface area contributed by atoms with E-state index in [4.69, 9.17) is 38.3 Å². The number of anilines is 1. The molecule has 2 aromatic rings. The molecule has 1 amide bonds. The highest BCUT2D eigenvalue weighted by molar-refractivity contribution is 7.80. The number of amides is 1. The standard InChI is InChI=1S/C25H23ClN4O3S/c1-30-19-9-7-16(26)13-18(19)22(15-5-3-2-4-6-15)28-23(24(30)31)29-25(34)27-17-8-10-20-21(14-17)33-12-11-32-20/h2-10,13-14,20-21,23H,11-12H2,1H3,(H2,27,29,34). The van der Waals surface area contributed by atoms with Crippen LogP contribution in [0, 0.1) is 0 Å². The summed E-state index contributed by atoms with van der Waals surface area (Å²) in [4.78, 5) is 19.7. The van der Waals surface area contributed by atoms with E-state index in [-0.39, 0.29) is 23.2 Å². The molecule has 2 N–H and O–H groups in total. The minimum atomic E-state index is -0.929. The zero-order valence-electron chi connectivity index (χ0n) is 18.4. The molecule has 7 nitrogen and oxygen atoms in total. The van der Waals surface area contributed by atoms with Gasteiger partial charge >= 0.3 is 0 Å². The molecule has 0 saturated carbocycles. The van der Waals surface area contributed by atoms with E-state index < -0.39 is 6.17 Å². The van der Waals surface area contributed by atoms with Gasteiger partial charge in [-0.2, -0.15) is 0 Å². The Morgan fingerprint density at radius 3 is 2.71 bits per heavy atom. The van der Waals surface area contributed by atoms with Gasteiger partial charge in [-0.3, -0.25) is 4.79 Å². The number of carbonyl (C=O) groups is 1. The van der Waals surface area contributed by atoms with Crippen LogP contribution in [0.5, 0.6) is 0 Å². The summed E-state index contributed by atoms with van der Waals surface area (Å²) in [6.45, 7) is 1.13. The van der Waals surface area contributed by atoms with E-state index in [1.807, 2.05) is 60.7 Å². The van der Waals surface area contributed by atoms with E-state index in [1.54, 1.807) is 18.0 Å². The first-order valence-corrected chi connectivity index (χ1v) is 11.7. The lowest BCUT2D eigenvalue weighted by Crippen LogP contribution is -2.49.